The predicted octanol–water partition coefficient (Wildman–Crippen LogP) is 3.32. The largest absolute Gasteiger partial charge is 0.303 e. The van der Waals surface area contributed by atoms with E-state index in [4.69, 9.17) is 12.2 Å². The smallest absolute Gasteiger partial charge is 0.216 e. The van der Waals surface area contributed by atoms with Crippen LogP contribution < -0.4 is 0 Å². The molecule has 1 N–H and O–H groups in total. The van der Waals surface area contributed by atoms with Gasteiger partial charge in [-0.3, -0.25) is 5.10 Å². The molecule has 0 saturated carbocycles. The zero-order valence-electron chi connectivity index (χ0n) is 14.5. The Bertz CT molecular complexity index is 952. The highest BCUT2D eigenvalue weighted by molar-refractivity contribution is 7.71. The van der Waals surface area contributed by atoms with Crippen LogP contribution in [0.5, 0.6) is 0 Å². The van der Waals surface area contributed by atoms with Crippen LogP contribution >= 0.6 is 12.2 Å². The summed E-state index contributed by atoms with van der Waals surface area (Å²) in [4.78, 5) is 0. The number of nitrogens with zero attached hydrogens (tertiary/aromatic N) is 6. The summed E-state index contributed by atoms with van der Waals surface area (Å²) in [5.74, 6) is 1.78. The molecule has 0 aliphatic heterocycles. The lowest BCUT2D eigenvalue weighted by Crippen LogP contribution is -2.11. The Morgan fingerprint density at radius 2 is 2.04 bits per heavy atom. The number of aromatic amines is 1. The van der Waals surface area contributed by atoms with E-state index in [0.717, 1.165) is 28.6 Å². The van der Waals surface area contributed by atoms with Gasteiger partial charge < -0.3 is 4.57 Å². The van der Waals surface area contributed by atoms with Crippen molar-refractivity contribution in [1.29, 1.82) is 0 Å². The van der Waals surface area contributed by atoms with Gasteiger partial charge in [0, 0.05) is 29.1 Å². The third-order valence-corrected chi connectivity index (χ3v) is 4.23. The molecule has 0 atom stereocenters. The van der Waals surface area contributed by atoms with Crippen molar-refractivity contribution in [2.45, 2.75) is 40.7 Å². The fraction of sp³-hybridized carbons (Fsp3) is 0.375. The highest BCUT2D eigenvalue weighted by atomic mass is 32.1. The average molecular weight is 343 g/mol. The van der Waals surface area contributed by atoms with Gasteiger partial charge in [0.2, 0.25) is 4.77 Å². The summed E-state index contributed by atoms with van der Waals surface area (Å²) < 4.78 is 6.29. The first-order chi connectivity index (χ1) is 11.4. The second-order valence-electron chi connectivity index (χ2n) is 6.02. The Balaban J connectivity index is 2.04. The first kappa shape index (κ1) is 16.4. The SMILES string of the molecule is Cc1cc(/C=N\n2c(C)n[nH]c2=S)c(C)n1-c1ccnn1C(C)C. The molecule has 0 amide bonds. The molecule has 3 aromatic heterocycles. The highest BCUT2D eigenvalue weighted by Crippen LogP contribution is 2.21. The predicted molar refractivity (Wildman–Crippen MR) is 96.6 cm³/mol. The van der Waals surface area contributed by atoms with Crippen molar-refractivity contribution in [3.63, 3.8) is 0 Å². The minimum absolute atomic E-state index is 0.292. The maximum absolute atomic E-state index is 5.18. The molecule has 7 nitrogen and oxygen atoms in total. The summed E-state index contributed by atoms with van der Waals surface area (Å²) in [7, 11) is 0. The average Bonchev–Trinajstić information content (AvgIpc) is 3.18. The van der Waals surface area contributed by atoms with E-state index in [9.17, 15) is 0 Å². The van der Waals surface area contributed by atoms with Crippen molar-refractivity contribution in [2.24, 2.45) is 5.10 Å². The van der Waals surface area contributed by atoms with Gasteiger partial charge in [0.25, 0.3) is 0 Å². The monoisotopic (exact) mass is 343 g/mol. The van der Waals surface area contributed by atoms with E-state index in [1.165, 1.54) is 0 Å². The molecule has 24 heavy (non-hydrogen) atoms. The van der Waals surface area contributed by atoms with Crippen molar-refractivity contribution in [2.75, 3.05) is 0 Å². The molecule has 0 aliphatic rings. The van der Waals surface area contributed by atoms with E-state index in [1.807, 2.05) is 30.1 Å². The molecule has 0 saturated heterocycles. The van der Waals surface area contributed by atoms with Crippen LogP contribution in [0.25, 0.3) is 5.82 Å². The fourth-order valence-corrected chi connectivity index (χ4v) is 3.00. The molecular formula is C16H21N7S. The van der Waals surface area contributed by atoms with Crippen LogP contribution in [0.15, 0.2) is 23.4 Å². The van der Waals surface area contributed by atoms with Gasteiger partial charge in [-0.15, -0.1) is 0 Å². The van der Waals surface area contributed by atoms with Crippen molar-refractivity contribution in [1.82, 2.24) is 29.2 Å². The third-order valence-electron chi connectivity index (χ3n) is 3.96. The van der Waals surface area contributed by atoms with Gasteiger partial charge in [-0.25, -0.2) is 4.68 Å². The minimum atomic E-state index is 0.292. The van der Waals surface area contributed by atoms with Crippen molar-refractivity contribution in [3.8, 4) is 5.82 Å². The van der Waals surface area contributed by atoms with Crippen molar-refractivity contribution >= 4 is 18.4 Å². The number of aromatic nitrogens is 6. The molecule has 3 heterocycles. The van der Waals surface area contributed by atoms with E-state index < -0.39 is 0 Å². The minimum Gasteiger partial charge on any atom is -0.303 e. The van der Waals surface area contributed by atoms with Crippen LogP contribution in [-0.2, 0) is 0 Å². The maximum Gasteiger partial charge on any atom is 0.216 e. The molecule has 0 bridgehead atoms. The molecule has 126 valence electrons. The van der Waals surface area contributed by atoms with E-state index in [-0.39, 0.29) is 0 Å². The van der Waals surface area contributed by atoms with E-state index in [2.05, 4.69) is 58.7 Å². The topological polar surface area (TPSA) is 68.7 Å². The van der Waals surface area contributed by atoms with Crippen LogP contribution in [0.3, 0.4) is 0 Å². The maximum atomic E-state index is 5.18. The van der Waals surface area contributed by atoms with Gasteiger partial charge in [0.15, 0.2) is 0 Å². The number of H-pyrrole nitrogens is 1. The molecule has 0 radical (unpaired) electrons. The molecular weight excluding hydrogens is 322 g/mol. The second-order valence-corrected chi connectivity index (χ2v) is 6.41. The third kappa shape index (κ3) is 2.73. The Morgan fingerprint density at radius 3 is 2.67 bits per heavy atom. The molecule has 3 rings (SSSR count). The molecule has 0 aromatic carbocycles. The summed E-state index contributed by atoms with van der Waals surface area (Å²) in [5.41, 5.74) is 3.27. The standard InChI is InChI=1S/C16H21N7S/c1-10(2)22-15(6-7-17-22)21-11(3)8-14(12(21)4)9-18-23-13(5)19-20-16(23)24/h6-10H,1-5H3,(H,20,24)/b18-9-. The zero-order chi connectivity index (χ0) is 17.4. The van der Waals surface area contributed by atoms with Crippen LogP contribution in [0.1, 0.15) is 42.7 Å². The van der Waals surface area contributed by atoms with Gasteiger partial charge in [0.1, 0.15) is 11.6 Å². The van der Waals surface area contributed by atoms with Gasteiger partial charge in [-0.05, 0) is 52.9 Å². The molecule has 0 unspecified atom stereocenters. The number of hydrogen-bond donors (Lipinski definition) is 1. The van der Waals surface area contributed by atoms with E-state index in [1.54, 1.807) is 4.68 Å². The lowest BCUT2D eigenvalue weighted by Gasteiger charge is -2.14. The van der Waals surface area contributed by atoms with Crippen LogP contribution in [0.2, 0.25) is 0 Å². The summed E-state index contributed by atoms with van der Waals surface area (Å²) in [6, 6.07) is 4.42. The molecule has 0 aliphatic carbocycles. The number of aryl methyl sites for hydroxylation is 2. The second kappa shape index (κ2) is 6.20. The molecule has 0 spiro atoms. The summed E-state index contributed by atoms with van der Waals surface area (Å²) >= 11 is 5.18. The number of hydrogen-bond acceptors (Lipinski definition) is 4. The van der Waals surface area contributed by atoms with Crippen molar-refractivity contribution < 1.29 is 0 Å². The Labute approximate surface area is 145 Å². The lowest BCUT2D eigenvalue weighted by atomic mass is 10.3. The van der Waals surface area contributed by atoms with Crippen LogP contribution in [0, 0.1) is 25.5 Å². The number of nitrogens with one attached hydrogen (secondary N) is 1. The van der Waals surface area contributed by atoms with E-state index >= 15 is 0 Å². The summed E-state index contributed by atoms with van der Waals surface area (Å²) in [6.07, 6.45) is 3.64. The van der Waals surface area contributed by atoms with Gasteiger partial charge in [0.05, 0.1) is 12.4 Å². The van der Waals surface area contributed by atoms with Crippen molar-refractivity contribution in [3.05, 3.63) is 45.9 Å². The Kier molecular flexibility index (Phi) is 4.23. The quantitative estimate of drug-likeness (QED) is 0.584. The molecule has 0 fully saturated rings. The highest BCUT2D eigenvalue weighted by Gasteiger charge is 2.14. The number of rotatable bonds is 4. The summed E-state index contributed by atoms with van der Waals surface area (Å²) in [5, 5.41) is 15.7. The Hall–Kier alpha value is -2.48. The van der Waals surface area contributed by atoms with Gasteiger partial charge in [-0.2, -0.15) is 20.0 Å². The first-order valence-electron chi connectivity index (χ1n) is 7.81. The molecule has 3 aromatic rings. The fourth-order valence-electron chi connectivity index (χ4n) is 2.78. The van der Waals surface area contributed by atoms with Crippen LogP contribution in [0.4, 0.5) is 0 Å². The Morgan fingerprint density at radius 1 is 1.29 bits per heavy atom. The molecule has 8 heteroatoms. The first-order valence-corrected chi connectivity index (χ1v) is 8.22. The zero-order valence-corrected chi connectivity index (χ0v) is 15.3. The normalized spacial score (nSPS) is 11.9. The van der Waals surface area contributed by atoms with Gasteiger partial charge >= 0.3 is 0 Å². The van der Waals surface area contributed by atoms with Crippen LogP contribution in [-0.4, -0.2) is 35.4 Å². The lowest BCUT2D eigenvalue weighted by molar-refractivity contribution is 0.519. The summed E-state index contributed by atoms with van der Waals surface area (Å²) in [6.45, 7) is 10.3. The van der Waals surface area contributed by atoms with E-state index in [0.29, 0.717) is 10.8 Å². The van der Waals surface area contributed by atoms with Gasteiger partial charge in [-0.1, -0.05) is 0 Å².